The van der Waals surface area contributed by atoms with Crippen LogP contribution in [0, 0.1) is 5.82 Å². The van der Waals surface area contributed by atoms with Gasteiger partial charge in [-0.2, -0.15) is 5.10 Å². The van der Waals surface area contributed by atoms with E-state index in [2.05, 4.69) is 25.2 Å². The molecule has 4 rings (SSSR count). The van der Waals surface area contributed by atoms with Crippen molar-refractivity contribution in [2.45, 2.75) is 0 Å². The summed E-state index contributed by atoms with van der Waals surface area (Å²) >= 11 is 0. The van der Waals surface area contributed by atoms with Crippen LogP contribution < -0.4 is 4.90 Å². The van der Waals surface area contributed by atoms with Crippen LogP contribution in [0.5, 0.6) is 0 Å². The first-order valence-electron chi connectivity index (χ1n) is 8.85. The molecular weight excluding hydrogens is 361 g/mol. The SMILES string of the molecule is O=C(C=Cc1ccc(F)cc1)N1CCN(c2ccc(-n3cncn3)nn2)CC1. The van der Waals surface area contributed by atoms with Crippen LogP contribution in [0.2, 0.25) is 0 Å². The Morgan fingerprint density at radius 3 is 2.32 bits per heavy atom. The highest BCUT2D eigenvalue weighted by Gasteiger charge is 2.20. The third-order valence-electron chi connectivity index (χ3n) is 4.49. The lowest BCUT2D eigenvalue weighted by Gasteiger charge is -2.34. The van der Waals surface area contributed by atoms with Gasteiger partial charge in [0.15, 0.2) is 11.6 Å². The first-order valence-corrected chi connectivity index (χ1v) is 8.85. The third-order valence-corrected chi connectivity index (χ3v) is 4.49. The third kappa shape index (κ3) is 4.03. The maximum Gasteiger partial charge on any atom is 0.246 e. The van der Waals surface area contributed by atoms with Gasteiger partial charge >= 0.3 is 0 Å². The van der Waals surface area contributed by atoms with Gasteiger partial charge in [-0.1, -0.05) is 12.1 Å². The van der Waals surface area contributed by atoms with E-state index >= 15 is 0 Å². The summed E-state index contributed by atoms with van der Waals surface area (Å²) < 4.78 is 14.5. The van der Waals surface area contributed by atoms with E-state index in [1.54, 1.807) is 34.1 Å². The molecule has 1 aromatic carbocycles. The van der Waals surface area contributed by atoms with Gasteiger partial charge < -0.3 is 9.80 Å². The van der Waals surface area contributed by atoms with E-state index in [4.69, 9.17) is 0 Å². The molecule has 0 radical (unpaired) electrons. The number of hydrogen-bond donors (Lipinski definition) is 0. The summed E-state index contributed by atoms with van der Waals surface area (Å²) in [5.41, 5.74) is 0.788. The number of nitrogens with zero attached hydrogens (tertiary/aromatic N) is 7. The number of halogens is 1. The molecule has 0 saturated carbocycles. The number of carbonyl (C=O) groups is 1. The average Bonchev–Trinajstić information content (AvgIpc) is 3.28. The highest BCUT2D eigenvalue weighted by Crippen LogP contribution is 2.14. The Balaban J connectivity index is 1.32. The van der Waals surface area contributed by atoms with E-state index < -0.39 is 0 Å². The van der Waals surface area contributed by atoms with Crippen LogP contribution in [-0.2, 0) is 4.79 Å². The lowest BCUT2D eigenvalue weighted by atomic mass is 10.2. The Morgan fingerprint density at radius 2 is 1.68 bits per heavy atom. The van der Waals surface area contributed by atoms with Gasteiger partial charge in [0.05, 0.1) is 0 Å². The zero-order valence-electron chi connectivity index (χ0n) is 15.0. The van der Waals surface area contributed by atoms with Gasteiger partial charge in [-0.05, 0) is 35.9 Å². The van der Waals surface area contributed by atoms with Gasteiger partial charge in [-0.15, -0.1) is 10.2 Å². The molecule has 0 atom stereocenters. The van der Waals surface area contributed by atoms with E-state index in [1.165, 1.54) is 24.5 Å². The minimum Gasteiger partial charge on any atom is -0.352 e. The predicted molar refractivity (Wildman–Crippen MR) is 101 cm³/mol. The van der Waals surface area contributed by atoms with Crippen molar-refractivity contribution < 1.29 is 9.18 Å². The molecule has 0 N–H and O–H groups in total. The first kappa shape index (κ1) is 17.8. The minimum absolute atomic E-state index is 0.0587. The lowest BCUT2D eigenvalue weighted by molar-refractivity contribution is -0.126. The molecule has 2 aromatic heterocycles. The van der Waals surface area contributed by atoms with E-state index in [9.17, 15) is 9.18 Å². The molecule has 1 fully saturated rings. The number of rotatable bonds is 4. The lowest BCUT2D eigenvalue weighted by Crippen LogP contribution is -2.48. The smallest absolute Gasteiger partial charge is 0.246 e. The van der Waals surface area contributed by atoms with Crippen LogP contribution in [0.1, 0.15) is 5.56 Å². The van der Waals surface area contributed by atoms with Crippen molar-refractivity contribution in [1.82, 2.24) is 29.9 Å². The molecule has 0 unspecified atom stereocenters. The Hall–Kier alpha value is -3.62. The molecule has 0 aliphatic carbocycles. The molecule has 0 bridgehead atoms. The standard InChI is InChI=1S/C19H18FN7O/c20-16-4-1-15(2-5-16)3-8-19(28)26-11-9-25(10-12-26)17-6-7-18(24-23-17)27-14-21-13-22-27/h1-8,13-14H,9-12H2. The molecule has 28 heavy (non-hydrogen) atoms. The molecule has 1 aliphatic rings. The maximum atomic E-state index is 12.9. The fourth-order valence-electron chi connectivity index (χ4n) is 2.94. The van der Waals surface area contributed by atoms with Crippen molar-refractivity contribution in [1.29, 1.82) is 0 Å². The van der Waals surface area contributed by atoms with Crippen molar-refractivity contribution in [3.8, 4) is 5.82 Å². The summed E-state index contributed by atoms with van der Waals surface area (Å²) in [6.07, 6.45) is 6.22. The van der Waals surface area contributed by atoms with Crippen LogP contribution >= 0.6 is 0 Å². The highest BCUT2D eigenvalue weighted by molar-refractivity contribution is 5.91. The highest BCUT2D eigenvalue weighted by atomic mass is 19.1. The number of carbonyl (C=O) groups excluding carboxylic acids is 1. The van der Waals surface area contributed by atoms with Crippen LogP contribution in [0.15, 0.2) is 55.1 Å². The minimum atomic E-state index is -0.294. The van der Waals surface area contributed by atoms with E-state index in [0.717, 1.165) is 11.4 Å². The summed E-state index contributed by atoms with van der Waals surface area (Å²) in [5, 5.41) is 12.4. The molecule has 9 heteroatoms. The van der Waals surface area contributed by atoms with Crippen molar-refractivity contribution in [3.05, 3.63) is 66.5 Å². The van der Waals surface area contributed by atoms with Crippen LogP contribution in [-0.4, -0.2) is 61.9 Å². The summed E-state index contributed by atoms with van der Waals surface area (Å²) in [4.78, 5) is 20.1. The van der Waals surface area contributed by atoms with Gasteiger partial charge in [0.25, 0.3) is 0 Å². The Morgan fingerprint density at radius 1 is 0.964 bits per heavy atom. The van der Waals surface area contributed by atoms with E-state index in [-0.39, 0.29) is 11.7 Å². The van der Waals surface area contributed by atoms with Gasteiger partial charge in [-0.3, -0.25) is 4.79 Å². The molecular formula is C19H18FN7O. The summed E-state index contributed by atoms with van der Waals surface area (Å²) in [6.45, 7) is 2.54. The normalized spacial score (nSPS) is 14.6. The molecule has 3 heterocycles. The van der Waals surface area contributed by atoms with Gasteiger partial charge in [0, 0.05) is 32.3 Å². The Labute approximate surface area is 160 Å². The maximum absolute atomic E-state index is 12.9. The number of aromatic nitrogens is 5. The summed E-state index contributed by atoms with van der Waals surface area (Å²) in [7, 11) is 0. The second-order valence-electron chi connectivity index (χ2n) is 6.29. The molecule has 1 saturated heterocycles. The number of amides is 1. The molecule has 142 valence electrons. The zero-order chi connectivity index (χ0) is 19.3. The fraction of sp³-hybridized carbons (Fsp3) is 0.211. The molecule has 0 spiro atoms. The van der Waals surface area contributed by atoms with Crippen LogP contribution in [0.25, 0.3) is 11.9 Å². The summed E-state index contributed by atoms with van der Waals surface area (Å²) in [5.74, 6) is 1.01. The average molecular weight is 379 g/mol. The molecule has 1 amide bonds. The second kappa shape index (κ2) is 7.95. The van der Waals surface area contributed by atoms with Crippen molar-refractivity contribution in [2.24, 2.45) is 0 Å². The van der Waals surface area contributed by atoms with E-state index in [0.29, 0.717) is 32.0 Å². The van der Waals surface area contributed by atoms with Crippen LogP contribution in [0.3, 0.4) is 0 Å². The molecule has 8 nitrogen and oxygen atoms in total. The number of anilines is 1. The summed E-state index contributed by atoms with van der Waals surface area (Å²) in [6, 6.07) is 9.74. The molecule has 1 aliphatic heterocycles. The molecule has 3 aromatic rings. The van der Waals surface area contributed by atoms with Crippen molar-refractivity contribution >= 4 is 17.8 Å². The zero-order valence-corrected chi connectivity index (χ0v) is 15.0. The van der Waals surface area contributed by atoms with Crippen molar-refractivity contribution in [3.63, 3.8) is 0 Å². The fourth-order valence-corrected chi connectivity index (χ4v) is 2.94. The Bertz CT molecular complexity index is 947. The van der Waals surface area contributed by atoms with Gasteiger partial charge in [-0.25, -0.2) is 14.1 Å². The topological polar surface area (TPSA) is 80.0 Å². The number of hydrogen-bond acceptors (Lipinski definition) is 6. The van der Waals surface area contributed by atoms with Crippen molar-refractivity contribution in [2.75, 3.05) is 31.1 Å². The largest absolute Gasteiger partial charge is 0.352 e. The quantitative estimate of drug-likeness (QED) is 0.640. The first-order chi connectivity index (χ1) is 13.7. The monoisotopic (exact) mass is 379 g/mol. The van der Waals surface area contributed by atoms with Gasteiger partial charge in [0.1, 0.15) is 18.5 Å². The van der Waals surface area contributed by atoms with E-state index in [1.807, 2.05) is 12.1 Å². The van der Waals surface area contributed by atoms with Crippen LogP contribution in [0.4, 0.5) is 10.2 Å². The Kier molecular flexibility index (Phi) is 5.05. The number of piperazine rings is 1. The second-order valence-corrected chi connectivity index (χ2v) is 6.29. The van der Waals surface area contributed by atoms with Gasteiger partial charge in [0.2, 0.25) is 5.91 Å². The predicted octanol–water partition coefficient (Wildman–Crippen LogP) is 1.56. The number of benzene rings is 1.